The van der Waals surface area contributed by atoms with Gasteiger partial charge in [-0.25, -0.2) is 0 Å². The van der Waals surface area contributed by atoms with E-state index in [4.69, 9.17) is 19.5 Å². The summed E-state index contributed by atoms with van der Waals surface area (Å²) < 4.78 is 14.8. The van der Waals surface area contributed by atoms with Gasteiger partial charge in [-0.05, 0) is 31.0 Å². The van der Waals surface area contributed by atoms with Gasteiger partial charge in [0.25, 0.3) is 0 Å². The highest BCUT2D eigenvalue weighted by Crippen LogP contribution is 2.30. The lowest BCUT2D eigenvalue weighted by Gasteiger charge is -2.12. The summed E-state index contributed by atoms with van der Waals surface area (Å²) in [6.45, 7) is 4.26. The van der Waals surface area contributed by atoms with E-state index in [-0.39, 0.29) is 24.5 Å². The van der Waals surface area contributed by atoms with Crippen LogP contribution in [0.4, 0.5) is 0 Å². The van der Waals surface area contributed by atoms with Gasteiger partial charge in [0.1, 0.15) is 5.92 Å². The van der Waals surface area contributed by atoms with E-state index in [2.05, 4.69) is 0 Å². The number of carbonyl (C=O) groups excluding carboxylic acids is 3. The second-order valence-corrected chi connectivity index (χ2v) is 4.61. The van der Waals surface area contributed by atoms with Crippen LogP contribution in [0.3, 0.4) is 0 Å². The van der Waals surface area contributed by atoms with Crippen LogP contribution in [-0.2, 0) is 25.5 Å². The first-order chi connectivity index (χ1) is 10.9. The lowest BCUT2D eigenvalue weighted by atomic mass is 10.0. The summed E-state index contributed by atoms with van der Waals surface area (Å²) in [6.07, 6.45) is 0.0873. The average molecular weight is 319 g/mol. The number of benzene rings is 1. The maximum absolute atomic E-state index is 11.7. The average Bonchev–Trinajstić information content (AvgIpc) is 2.46. The maximum atomic E-state index is 11.7. The van der Waals surface area contributed by atoms with Crippen molar-refractivity contribution < 1.29 is 28.6 Å². The van der Waals surface area contributed by atoms with Crippen molar-refractivity contribution in [2.75, 3.05) is 6.61 Å². The number of carbonyl (C=O) groups is 3. The summed E-state index contributed by atoms with van der Waals surface area (Å²) in [7, 11) is 0. The van der Waals surface area contributed by atoms with Gasteiger partial charge in [-0.3, -0.25) is 14.4 Å². The van der Waals surface area contributed by atoms with Crippen LogP contribution in [0, 0.1) is 17.2 Å². The summed E-state index contributed by atoms with van der Waals surface area (Å²) in [4.78, 5) is 33.9. The fourth-order valence-electron chi connectivity index (χ4n) is 1.81. The molecule has 0 spiro atoms. The molecule has 0 N–H and O–H groups in total. The van der Waals surface area contributed by atoms with Crippen molar-refractivity contribution in [3.05, 3.63) is 23.8 Å². The van der Waals surface area contributed by atoms with E-state index in [1.54, 1.807) is 13.0 Å². The van der Waals surface area contributed by atoms with Crippen molar-refractivity contribution in [2.24, 2.45) is 5.92 Å². The summed E-state index contributed by atoms with van der Waals surface area (Å²) in [5.74, 6) is -2.61. The molecular formula is C16H17NO6. The minimum absolute atomic E-state index is 0.0470. The Morgan fingerprint density at radius 1 is 1.13 bits per heavy atom. The maximum Gasteiger partial charge on any atom is 0.323 e. The van der Waals surface area contributed by atoms with Crippen LogP contribution in [0.5, 0.6) is 11.5 Å². The van der Waals surface area contributed by atoms with Crippen molar-refractivity contribution >= 4 is 17.9 Å². The van der Waals surface area contributed by atoms with Gasteiger partial charge in [-0.1, -0.05) is 6.07 Å². The molecule has 0 aliphatic rings. The number of ether oxygens (including phenoxy) is 3. The molecule has 7 heteroatoms. The van der Waals surface area contributed by atoms with E-state index in [0.717, 1.165) is 0 Å². The van der Waals surface area contributed by atoms with E-state index in [0.29, 0.717) is 5.56 Å². The van der Waals surface area contributed by atoms with Crippen LogP contribution in [0.2, 0.25) is 0 Å². The normalized spacial score (nSPS) is 11.0. The monoisotopic (exact) mass is 319 g/mol. The predicted molar refractivity (Wildman–Crippen MR) is 78.5 cm³/mol. The molecular weight excluding hydrogens is 302 g/mol. The summed E-state index contributed by atoms with van der Waals surface area (Å²) in [5, 5.41) is 9.07. The van der Waals surface area contributed by atoms with Gasteiger partial charge in [0.05, 0.1) is 12.7 Å². The quantitative estimate of drug-likeness (QED) is 0.581. The Morgan fingerprint density at radius 3 is 2.26 bits per heavy atom. The molecule has 0 aliphatic carbocycles. The predicted octanol–water partition coefficient (Wildman–Crippen LogP) is 1.78. The lowest BCUT2D eigenvalue weighted by Crippen LogP contribution is -2.18. The topological polar surface area (TPSA) is 103 Å². The SMILES string of the molecule is CCOC(=O)C(C#N)Cc1ccc(OC(C)=O)c(OC(C)=O)c1. The zero-order chi connectivity index (χ0) is 17.4. The highest BCUT2D eigenvalue weighted by atomic mass is 16.6. The van der Waals surface area contributed by atoms with E-state index in [1.807, 2.05) is 6.07 Å². The van der Waals surface area contributed by atoms with E-state index < -0.39 is 23.8 Å². The van der Waals surface area contributed by atoms with Crippen molar-refractivity contribution in [3.63, 3.8) is 0 Å². The lowest BCUT2D eigenvalue weighted by molar-refractivity contribution is -0.146. The zero-order valence-electron chi connectivity index (χ0n) is 13.1. The first kappa shape index (κ1) is 18.2. The molecule has 1 aromatic carbocycles. The molecule has 0 bridgehead atoms. The molecule has 0 heterocycles. The molecule has 1 rings (SSSR count). The molecule has 0 aliphatic heterocycles. The molecule has 1 atom stereocenters. The Balaban J connectivity index is 3.04. The van der Waals surface area contributed by atoms with Crippen LogP contribution < -0.4 is 9.47 Å². The van der Waals surface area contributed by atoms with Crippen LogP contribution in [0.1, 0.15) is 26.3 Å². The summed E-state index contributed by atoms with van der Waals surface area (Å²) in [6, 6.07) is 6.34. The molecule has 0 saturated carbocycles. The molecule has 0 radical (unpaired) electrons. The van der Waals surface area contributed by atoms with Gasteiger partial charge < -0.3 is 14.2 Å². The van der Waals surface area contributed by atoms with Crippen LogP contribution in [0.15, 0.2) is 18.2 Å². The van der Waals surface area contributed by atoms with E-state index in [9.17, 15) is 14.4 Å². The van der Waals surface area contributed by atoms with E-state index in [1.165, 1.54) is 26.0 Å². The largest absolute Gasteiger partial charge is 0.465 e. The molecule has 0 fully saturated rings. The van der Waals surface area contributed by atoms with Crippen molar-refractivity contribution in [2.45, 2.75) is 27.2 Å². The number of hydrogen-bond acceptors (Lipinski definition) is 7. The van der Waals surface area contributed by atoms with Gasteiger partial charge in [0, 0.05) is 13.8 Å². The van der Waals surface area contributed by atoms with Crippen LogP contribution >= 0.6 is 0 Å². The Bertz CT molecular complexity index is 646. The Hall–Kier alpha value is -2.88. The highest BCUT2D eigenvalue weighted by molar-refractivity contribution is 5.76. The molecule has 122 valence electrons. The van der Waals surface area contributed by atoms with Crippen molar-refractivity contribution in [1.29, 1.82) is 5.26 Å². The smallest absolute Gasteiger partial charge is 0.323 e. The van der Waals surface area contributed by atoms with Crippen molar-refractivity contribution in [3.8, 4) is 17.6 Å². The van der Waals surface area contributed by atoms with Crippen LogP contribution in [0.25, 0.3) is 0 Å². The van der Waals surface area contributed by atoms with E-state index >= 15 is 0 Å². The minimum atomic E-state index is -0.972. The van der Waals surface area contributed by atoms with Crippen LogP contribution in [-0.4, -0.2) is 24.5 Å². The summed E-state index contributed by atoms with van der Waals surface area (Å²) in [5.41, 5.74) is 0.566. The first-order valence-electron chi connectivity index (χ1n) is 6.93. The molecule has 1 aromatic rings. The molecule has 0 aromatic heterocycles. The third-order valence-corrected chi connectivity index (χ3v) is 2.68. The second kappa shape index (κ2) is 8.54. The number of rotatable bonds is 6. The third-order valence-electron chi connectivity index (χ3n) is 2.68. The first-order valence-corrected chi connectivity index (χ1v) is 6.93. The van der Waals surface area contributed by atoms with Gasteiger partial charge in [-0.15, -0.1) is 0 Å². The molecule has 0 amide bonds. The molecule has 23 heavy (non-hydrogen) atoms. The minimum Gasteiger partial charge on any atom is -0.465 e. The summed E-state index contributed by atoms with van der Waals surface area (Å²) >= 11 is 0. The van der Waals surface area contributed by atoms with Crippen molar-refractivity contribution in [1.82, 2.24) is 0 Å². The second-order valence-electron chi connectivity index (χ2n) is 4.61. The number of esters is 3. The van der Waals surface area contributed by atoms with Gasteiger partial charge in [0.15, 0.2) is 11.5 Å². The molecule has 7 nitrogen and oxygen atoms in total. The zero-order valence-corrected chi connectivity index (χ0v) is 13.1. The number of nitriles is 1. The Labute approximate surface area is 133 Å². The molecule has 1 unspecified atom stereocenters. The third kappa shape index (κ3) is 5.79. The Morgan fingerprint density at radius 2 is 1.74 bits per heavy atom. The molecule has 0 saturated heterocycles. The standard InChI is InChI=1S/C16H17NO6/c1-4-21-16(20)13(9-17)7-12-5-6-14(22-10(2)18)15(8-12)23-11(3)19/h5-6,8,13H,4,7H2,1-3H3. The fraction of sp³-hybridized carbons (Fsp3) is 0.375. The number of nitrogens with zero attached hydrogens (tertiary/aromatic N) is 1. The fourth-order valence-corrected chi connectivity index (χ4v) is 1.81. The van der Waals surface area contributed by atoms with Gasteiger partial charge >= 0.3 is 17.9 Å². The van der Waals surface area contributed by atoms with Gasteiger partial charge in [-0.2, -0.15) is 5.26 Å². The number of hydrogen-bond donors (Lipinski definition) is 0. The van der Waals surface area contributed by atoms with Gasteiger partial charge in [0.2, 0.25) is 0 Å². The highest BCUT2D eigenvalue weighted by Gasteiger charge is 2.21. The Kier molecular flexibility index (Phi) is 6.74.